The number of rotatable bonds is 6. The third-order valence-corrected chi connectivity index (χ3v) is 3.35. The smallest absolute Gasteiger partial charge is 0.257 e. The topological polar surface area (TPSA) is 63.2 Å². The molecule has 2 aromatic rings. The lowest BCUT2D eigenvalue weighted by Crippen LogP contribution is -2.16. The Hall–Kier alpha value is -2.56. The molecule has 5 heteroatoms. The largest absolute Gasteiger partial charge is 0.497 e. The predicted molar refractivity (Wildman–Crippen MR) is 88.6 cm³/mol. The minimum Gasteiger partial charge on any atom is -0.497 e. The number of pyridine rings is 1. The molecular weight excluding hydrogens is 278 g/mol. The molecule has 1 aromatic heterocycles. The van der Waals surface area contributed by atoms with Crippen molar-refractivity contribution in [3.63, 3.8) is 0 Å². The fourth-order valence-corrected chi connectivity index (χ4v) is 1.93. The van der Waals surface area contributed by atoms with Gasteiger partial charge in [0.05, 0.1) is 18.4 Å². The van der Waals surface area contributed by atoms with Gasteiger partial charge in [0.15, 0.2) is 0 Å². The summed E-state index contributed by atoms with van der Waals surface area (Å²) in [5.74, 6) is 0.497. The first kappa shape index (κ1) is 15.8. The van der Waals surface area contributed by atoms with E-state index in [1.165, 1.54) is 0 Å². The predicted octanol–water partition coefficient (Wildman–Crippen LogP) is 3.55. The van der Waals surface area contributed by atoms with Crippen LogP contribution >= 0.6 is 0 Å². The maximum Gasteiger partial charge on any atom is 0.257 e. The maximum absolute atomic E-state index is 12.3. The summed E-state index contributed by atoms with van der Waals surface area (Å²) in [4.78, 5) is 16.4. The number of ether oxygens (including phenoxy) is 1. The van der Waals surface area contributed by atoms with Crippen LogP contribution in [0, 0.1) is 0 Å². The lowest BCUT2D eigenvalue weighted by molar-refractivity contribution is 0.102. The Bertz CT molecular complexity index is 643. The molecule has 0 radical (unpaired) electrons. The fourth-order valence-electron chi connectivity index (χ4n) is 1.93. The number of hydrogen-bond donors (Lipinski definition) is 2. The average Bonchev–Trinajstić information content (AvgIpc) is 2.55. The van der Waals surface area contributed by atoms with Gasteiger partial charge in [0, 0.05) is 30.2 Å². The molecule has 5 nitrogen and oxygen atoms in total. The minimum absolute atomic E-state index is 0.200. The highest BCUT2D eigenvalue weighted by Gasteiger charge is 2.09. The summed E-state index contributed by atoms with van der Waals surface area (Å²) in [5.41, 5.74) is 2.04. The first-order valence-electron chi connectivity index (χ1n) is 7.29. The van der Waals surface area contributed by atoms with Gasteiger partial charge in [-0.05, 0) is 31.5 Å². The van der Waals surface area contributed by atoms with Crippen molar-refractivity contribution in [2.75, 3.05) is 17.7 Å². The summed E-state index contributed by atoms with van der Waals surface area (Å²) >= 11 is 0. The first-order valence-corrected chi connectivity index (χ1v) is 7.29. The van der Waals surface area contributed by atoms with E-state index in [1.807, 2.05) is 18.2 Å². The molecule has 22 heavy (non-hydrogen) atoms. The van der Waals surface area contributed by atoms with Gasteiger partial charge in [-0.2, -0.15) is 0 Å². The Morgan fingerprint density at radius 2 is 2.09 bits per heavy atom. The van der Waals surface area contributed by atoms with Gasteiger partial charge in [0.2, 0.25) is 0 Å². The van der Waals surface area contributed by atoms with Crippen LogP contribution in [0.5, 0.6) is 5.75 Å². The second-order valence-corrected chi connectivity index (χ2v) is 5.10. The summed E-state index contributed by atoms with van der Waals surface area (Å²) in [6, 6.07) is 9.37. The van der Waals surface area contributed by atoms with Crippen molar-refractivity contribution in [1.82, 2.24) is 4.98 Å². The molecule has 2 N–H and O–H groups in total. The lowest BCUT2D eigenvalue weighted by Gasteiger charge is -2.13. The van der Waals surface area contributed by atoms with Crippen LogP contribution < -0.4 is 15.4 Å². The molecular formula is C17H21N3O2. The Balaban J connectivity index is 2.10. The molecule has 0 fully saturated rings. The molecule has 0 saturated heterocycles. The molecule has 1 atom stereocenters. The number of aromatic nitrogens is 1. The standard InChI is InChI=1S/C17H21N3O2/c1-4-12(2)19-15-8-13(10-18-11-15)17(21)20-14-6-5-7-16(9-14)22-3/h5-12,19H,4H2,1-3H3,(H,20,21). The number of methoxy groups -OCH3 is 1. The fraction of sp³-hybridized carbons (Fsp3) is 0.294. The van der Waals surface area contributed by atoms with Gasteiger partial charge in [-0.25, -0.2) is 0 Å². The molecule has 1 unspecified atom stereocenters. The van der Waals surface area contributed by atoms with Gasteiger partial charge in [-0.1, -0.05) is 13.0 Å². The van der Waals surface area contributed by atoms with Crippen molar-refractivity contribution in [2.24, 2.45) is 0 Å². The van der Waals surface area contributed by atoms with Gasteiger partial charge < -0.3 is 15.4 Å². The molecule has 1 aromatic carbocycles. The van der Waals surface area contributed by atoms with Crippen LogP contribution in [0.1, 0.15) is 30.6 Å². The summed E-state index contributed by atoms with van der Waals surface area (Å²) in [6.07, 6.45) is 4.27. The van der Waals surface area contributed by atoms with Gasteiger partial charge in [0.25, 0.3) is 5.91 Å². The van der Waals surface area contributed by atoms with E-state index < -0.39 is 0 Å². The Kier molecular flexibility index (Phi) is 5.36. The molecule has 116 valence electrons. The summed E-state index contributed by atoms with van der Waals surface area (Å²) in [7, 11) is 1.59. The number of carbonyl (C=O) groups excluding carboxylic acids is 1. The zero-order valence-electron chi connectivity index (χ0n) is 13.1. The van der Waals surface area contributed by atoms with E-state index in [9.17, 15) is 4.79 Å². The number of anilines is 2. The Morgan fingerprint density at radius 1 is 1.27 bits per heavy atom. The highest BCUT2D eigenvalue weighted by molar-refractivity contribution is 6.04. The van der Waals surface area contributed by atoms with Gasteiger partial charge >= 0.3 is 0 Å². The van der Waals surface area contributed by atoms with Crippen LogP contribution in [0.3, 0.4) is 0 Å². The number of nitrogens with one attached hydrogen (secondary N) is 2. The molecule has 0 aliphatic heterocycles. The third-order valence-electron chi connectivity index (χ3n) is 3.35. The minimum atomic E-state index is -0.200. The SMILES string of the molecule is CCC(C)Nc1cncc(C(=O)Nc2cccc(OC)c2)c1. The third kappa shape index (κ3) is 4.22. The number of amides is 1. The van der Waals surface area contributed by atoms with E-state index in [0.717, 1.165) is 12.1 Å². The van der Waals surface area contributed by atoms with Gasteiger partial charge in [0.1, 0.15) is 5.75 Å². The molecule has 0 saturated carbocycles. The van der Waals surface area contributed by atoms with Crippen LogP contribution in [-0.4, -0.2) is 24.0 Å². The number of hydrogen-bond acceptors (Lipinski definition) is 4. The molecule has 2 rings (SSSR count). The monoisotopic (exact) mass is 299 g/mol. The van der Waals surface area contributed by atoms with E-state index in [4.69, 9.17) is 4.74 Å². The maximum atomic E-state index is 12.3. The van der Waals surface area contributed by atoms with Crippen molar-refractivity contribution in [3.05, 3.63) is 48.3 Å². The molecule has 1 heterocycles. The van der Waals surface area contributed by atoms with E-state index in [0.29, 0.717) is 23.0 Å². The number of nitrogens with zero attached hydrogens (tertiary/aromatic N) is 1. The van der Waals surface area contributed by atoms with Crippen LogP contribution in [-0.2, 0) is 0 Å². The van der Waals surface area contributed by atoms with Crippen molar-refractivity contribution in [1.29, 1.82) is 0 Å². The Labute approximate surface area is 130 Å². The zero-order chi connectivity index (χ0) is 15.9. The quantitative estimate of drug-likeness (QED) is 0.856. The molecule has 0 aliphatic rings. The van der Waals surface area contributed by atoms with Crippen molar-refractivity contribution >= 4 is 17.3 Å². The van der Waals surface area contributed by atoms with Crippen LogP contribution in [0.25, 0.3) is 0 Å². The van der Waals surface area contributed by atoms with Crippen molar-refractivity contribution in [2.45, 2.75) is 26.3 Å². The molecule has 0 aliphatic carbocycles. The van der Waals surface area contributed by atoms with E-state index in [-0.39, 0.29) is 5.91 Å². The number of carbonyl (C=O) groups is 1. The van der Waals surface area contributed by atoms with E-state index in [1.54, 1.807) is 31.6 Å². The highest BCUT2D eigenvalue weighted by atomic mass is 16.5. The van der Waals surface area contributed by atoms with E-state index in [2.05, 4.69) is 29.5 Å². The summed E-state index contributed by atoms with van der Waals surface area (Å²) < 4.78 is 5.14. The van der Waals surface area contributed by atoms with E-state index >= 15 is 0 Å². The van der Waals surface area contributed by atoms with Crippen molar-refractivity contribution < 1.29 is 9.53 Å². The van der Waals surface area contributed by atoms with Gasteiger partial charge in [-0.15, -0.1) is 0 Å². The normalized spacial score (nSPS) is 11.6. The van der Waals surface area contributed by atoms with Gasteiger partial charge in [-0.3, -0.25) is 9.78 Å². The Morgan fingerprint density at radius 3 is 2.82 bits per heavy atom. The molecule has 1 amide bonds. The molecule has 0 bridgehead atoms. The van der Waals surface area contributed by atoms with Crippen LogP contribution in [0.2, 0.25) is 0 Å². The highest BCUT2D eigenvalue weighted by Crippen LogP contribution is 2.18. The van der Waals surface area contributed by atoms with Crippen LogP contribution in [0.4, 0.5) is 11.4 Å². The van der Waals surface area contributed by atoms with Crippen LogP contribution in [0.15, 0.2) is 42.7 Å². The summed E-state index contributed by atoms with van der Waals surface area (Å²) in [5, 5.41) is 6.15. The number of benzene rings is 1. The second-order valence-electron chi connectivity index (χ2n) is 5.10. The second kappa shape index (κ2) is 7.45. The summed E-state index contributed by atoms with van der Waals surface area (Å²) in [6.45, 7) is 4.19. The average molecular weight is 299 g/mol. The molecule has 0 spiro atoms. The lowest BCUT2D eigenvalue weighted by atomic mass is 10.2. The first-order chi connectivity index (χ1) is 10.6. The van der Waals surface area contributed by atoms with Crippen molar-refractivity contribution in [3.8, 4) is 5.75 Å². The zero-order valence-corrected chi connectivity index (χ0v) is 13.1.